The van der Waals surface area contributed by atoms with Gasteiger partial charge in [-0.05, 0) is 61.7 Å². The number of thioether (sulfide) groups is 1. The highest BCUT2D eigenvalue weighted by Gasteiger charge is 2.24. The van der Waals surface area contributed by atoms with E-state index in [9.17, 15) is 4.79 Å². The van der Waals surface area contributed by atoms with Gasteiger partial charge in [0.05, 0.1) is 17.8 Å². The Morgan fingerprint density at radius 3 is 2.50 bits per heavy atom. The molecule has 0 aliphatic rings. The Kier molecular flexibility index (Phi) is 5.81. The number of aryl methyl sites for hydroxylation is 1. The molecule has 0 aliphatic carbocycles. The molecule has 0 fully saturated rings. The average molecular weight is 422 g/mol. The second kappa shape index (κ2) is 8.67. The van der Waals surface area contributed by atoms with Crippen LogP contribution in [0.5, 0.6) is 0 Å². The molecule has 0 spiro atoms. The van der Waals surface area contributed by atoms with Crippen LogP contribution >= 0.6 is 11.8 Å². The number of furan rings is 2. The van der Waals surface area contributed by atoms with Crippen LogP contribution in [0.1, 0.15) is 24.5 Å². The Hall–Kier alpha value is -3.19. The summed E-state index contributed by atoms with van der Waals surface area (Å²) in [6.45, 7) is 6.03. The molecule has 0 saturated carbocycles. The zero-order chi connectivity index (χ0) is 21.1. The molecule has 2 N–H and O–H groups in total. The van der Waals surface area contributed by atoms with Crippen LogP contribution in [0.4, 0.5) is 5.69 Å². The third-order valence-electron chi connectivity index (χ3n) is 4.98. The van der Waals surface area contributed by atoms with Gasteiger partial charge in [0.15, 0.2) is 16.7 Å². The number of hydrogen-bond acceptors (Lipinski definition) is 5. The minimum Gasteiger partial charge on any atom is -0.463 e. The molecular formula is C23H23N3O3S. The molecule has 3 heterocycles. The van der Waals surface area contributed by atoms with Gasteiger partial charge in [0.1, 0.15) is 11.4 Å². The van der Waals surface area contributed by atoms with Crippen LogP contribution in [0.3, 0.4) is 0 Å². The van der Waals surface area contributed by atoms with Crippen molar-refractivity contribution < 1.29 is 13.6 Å². The van der Waals surface area contributed by atoms with E-state index >= 15 is 0 Å². The molecule has 1 amide bonds. The fraction of sp³-hybridized carbons (Fsp3) is 0.217. The number of nitrogens with zero attached hydrogens (tertiary/aromatic N) is 1. The Balaban J connectivity index is 1.58. The minimum absolute atomic E-state index is 0.0494. The maximum absolute atomic E-state index is 12.9. The molecule has 1 aromatic carbocycles. The molecule has 1 unspecified atom stereocenters. The monoisotopic (exact) mass is 421 g/mol. The highest BCUT2D eigenvalue weighted by molar-refractivity contribution is 8.00. The van der Waals surface area contributed by atoms with Crippen LogP contribution in [0.25, 0.3) is 22.9 Å². The van der Waals surface area contributed by atoms with Crippen molar-refractivity contribution in [3.05, 3.63) is 66.1 Å². The van der Waals surface area contributed by atoms with Crippen LogP contribution in [-0.2, 0) is 4.79 Å². The Bertz CT molecular complexity index is 1080. The lowest BCUT2D eigenvalue weighted by atomic mass is 10.1. The zero-order valence-electron chi connectivity index (χ0n) is 17.1. The number of aromatic nitrogens is 2. The van der Waals surface area contributed by atoms with E-state index in [0.29, 0.717) is 28.8 Å². The molecule has 4 rings (SSSR count). The number of anilines is 1. The Morgan fingerprint density at radius 1 is 1.10 bits per heavy atom. The highest BCUT2D eigenvalue weighted by atomic mass is 32.2. The molecule has 4 aromatic rings. The molecular weight excluding hydrogens is 398 g/mol. The van der Waals surface area contributed by atoms with Crippen molar-refractivity contribution in [2.24, 2.45) is 0 Å². The summed E-state index contributed by atoms with van der Waals surface area (Å²) in [5.74, 6) is 1.25. The highest BCUT2D eigenvalue weighted by Crippen LogP contribution is 2.35. The first-order valence-corrected chi connectivity index (χ1v) is 10.7. The van der Waals surface area contributed by atoms with Crippen LogP contribution in [0, 0.1) is 13.8 Å². The van der Waals surface area contributed by atoms with Crippen molar-refractivity contribution in [3.63, 3.8) is 0 Å². The summed E-state index contributed by atoms with van der Waals surface area (Å²) >= 11 is 1.39. The van der Waals surface area contributed by atoms with Crippen molar-refractivity contribution >= 4 is 23.4 Å². The fourth-order valence-corrected chi connectivity index (χ4v) is 4.06. The van der Waals surface area contributed by atoms with Gasteiger partial charge in [-0.3, -0.25) is 4.79 Å². The average Bonchev–Trinajstić information content (AvgIpc) is 3.50. The van der Waals surface area contributed by atoms with Crippen molar-refractivity contribution in [2.45, 2.75) is 37.6 Å². The van der Waals surface area contributed by atoms with Crippen molar-refractivity contribution in [1.82, 2.24) is 9.97 Å². The van der Waals surface area contributed by atoms with Crippen molar-refractivity contribution in [3.8, 4) is 22.9 Å². The summed E-state index contributed by atoms with van der Waals surface area (Å²) in [6, 6.07) is 13.3. The van der Waals surface area contributed by atoms with Crippen molar-refractivity contribution in [2.75, 3.05) is 5.32 Å². The number of benzene rings is 1. The van der Waals surface area contributed by atoms with E-state index in [2.05, 4.69) is 10.3 Å². The van der Waals surface area contributed by atoms with E-state index in [0.717, 1.165) is 22.5 Å². The van der Waals surface area contributed by atoms with E-state index in [-0.39, 0.29) is 11.2 Å². The Morgan fingerprint density at radius 2 is 1.83 bits per heavy atom. The largest absolute Gasteiger partial charge is 0.463 e. The standard InChI is InChI=1S/C23H23N3O3S/c1-4-19(22(27)24-16-9-5-8-14(2)15(16)3)30-23-25-20(17-10-6-12-28-17)21(26-23)18-11-7-13-29-18/h5-13,19H,4H2,1-3H3,(H,24,27)(H,25,26). The molecule has 0 saturated heterocycles. The lowest BCUT2D eigenvalue weighted by molar-refractivity contribution is -0.115. The van der Waals surface area contributed by atoms with Gasteiger partial charge in [0.2, 0.25) is 5.91 Å². The van der Waals surface area contributed by atoms with Gasteiger partial charge in [0, 0.05) is 5.69 Å². The molecule has 7 heteroatoms. The second-order valence-corrected chi connectivity index (χ2v) is 8.16. The molecule has 0 aliphatic heterocycles. The lowest BCUT2D eigenvalue weighted by Crippen LogP contribution is -2.25. The molecule has 30 heavy (non-hydrogen) atoms. The summed E-state index contributed by atoms with van der Waals surface area (Å²) in [6.07, 6.45) is 3.88. The van der Waals surface area contributed by atoms with Gasteiger partial charge in [-0.1, -0.05) is 30.8 Å². The molecule has 0 bridgehead atoms. The van der Waals surface area contributed by atoms with E-state index in [1.165, 1.54) is 11.8 Å². The summed E-state index contributed by atoms with van der Waals surface area (Å²) in [5, 5.41) is 3.39. The number of rotatable bonds is 7. The number of imidazole rings is 1. The topological polar surface area (TPSA) is 84.1 Å². The summed E-state index contributed by atoms with van der Waals surface area (Å²) in [4.78, 5) is 20.9. The zero-order valence-corrected chi connectivity index (χ0v) is 17.9. The third-order valence-corrected chi connectivity index (χ3v) is 6.23. The predicted molar refractivity (Wildman–Crippen MR) is 118 cm³/mol. The third kappa shape index (κ3) is 4.07. The van der Waals surface area contributed by atoms with Crippen LogP contribution < -0.4 is 5.32 Å². The summed E-state index contributed by atoms with van der Waals surface area (Å²) in [5.41, 5.74) is 4.44. The van der Waals surface area contributed by atoms with Crippen LogP contribution in [0.15, 0.2) is 69.0 Å². The first-order chi connectivity index (χ1) is 14.6. The van der Waals surface area contributed by atoms with Gasteiger partial charge >= 0.3 is 0 Å². The van der Waals surface area contributed by atoms with Crippen LogP contribution in [-0.4, -0.2) is 21.1 Å². The number of carbonyl (C=O) groups excluding carboxylic acids is 1. The van der Waals surface area contributed by atoms with Gasteiger partial charge in [-0.25, -0.2) is 4.98 Å². The fourth-order valence-electron chi connectivity index (χ4n) is 3.15. The smallest absolute Gasteiger partial charge is 0.237 e. The second-order valence-electron chi connectivity index (χ2n) is 6.97. The van der Waals surface area contributed by atoms with Gasteiger partial charge in [-0.2, -0.15) is 0 Å². The van der Waals surface area contributed by atoms with E-state index in [1.807, 2.05) is 63.2 Å². The first kappa shape index (κ1) is 20.1. The number of H-pyrrole nitrogens is 1. The quantitative estimate of drug-likeness (QED) is 0.355. The number of aromatic amines is 1. The summed E-state index contributed by atoms with van der Waals surface area (Å²) < 4.78 is 11.1. The van der Waals surface area contributed by atoms with Gasteiger partial charge < -0.3 is 19.1 Å². The van der Waals surface area contributed by atoms with E-state index in [1.54, 1.807) is 12.5 Å². The molecule has 154 valence electrons. The minimum atomic E-state index is -0.301. The maximum Gasteiger partial charge on any atom is 0.237 e. The molecule has 0 radical (unpaired) electrons. The van der Waals surface area contributed by atoms with E-state index in [4.69, 9.17) is 13.8 Å². The molecule has 1 atom stereocenters. The molecule has 3 aromatic heterocycles. The number of amides is 1. The first-order valence-electron chi connectivity index (χ1n) is 9.78. The van der Waals surface area contributed by atoms with Gasteiger partial charge in [-0.15, -0.1) is 0 Å². The number of hydrogen-bond donors (Lipinski definition) is 2. The van der Waals surface area contributed by atoms with E-state index < -0.39 is 0 Å². The number of nitrogens with one attached hydrogen (secondary N) is 2. The number of carbonyl (C=O) groups is 1. The maximum atomic E-state index is 12.9. The van der Waals surface area contributed by atoms with Crippen molar-refractivity contribution in [1.29, 1.82) is 0 Å². The SMILES string of the molecule is CCC(Sc1nc(-c2ccco2)c(-c2ccco2)[nH]1)C(=O)Nc1cccc(C)c1C. The Labute approximate surface area is 179 Å². The molecule has 6 nitrogen and oxygen atoms in total. The van der Waals surface area contributed by atoms with Crippen LogP contribution in [0.2, 0.25) is 0 Å². The summed E-state index contributed by atoms with van der Waals surface area (Å²) in [7, 11) is 0. The predicted octanol–water partition coefficient (Wildman–Crippen LogP) is 6.06. The normalized spacial score (nSPS) is 12.1. The van der Waals surface area contributed by atoms with Gasteiger partial charge in [0.25, 0.3) is 0 Å². The lowest BCUT2D eigenvalue weighted by Gasteiger charge is -2.15.